The molecule has 0 spiro atoms. The van der Waals surface area contributed by atoms with E-state index in [2.05, 4.69) is 10.3 Å². The first-order valence-corrected chi connectivity index (χ1v) is 8.29. The summed E-state index contributed by atoms with van der Waals surface area (Å²) in [5.41, 5.74) is 0.978. The Balaban J connectivity index is 1.89. The Kier molecular flexibility index (Phi) is 6.96. The zero-order valence-corrected chi connectivity index (χ0v) is 14.1. The fourth-order valence-electron chi connectivity index (χ4n) is 1.96. The van der Waals surface area contributed by atoms with Gasteiger partial charge in [0.15, 0.2) is 5.16 Å². The Morgan fingerprint density at radius 3 is 2.78 bits per heavy atom. The van der Waals surface area contributed by atoms with E-state index in [1.54, 1.807) is 20.4 Å². The van der Waals surface area contributed by atoms with Crippen LogP contribution in [0, 0.1) is 0 Å². The van der Waals surface area contributed by atoms with Crippen molar-refractivity contribution in [2.75, 3.05) is 33.1 Å². The van der Waals surface area contributed by atoms with Gasteiger partial charge in [0.1, 0.15) is 5.75 Å². The Bertz CT molecular complexity index is 613. The van der Waals surface area contributed by atoms with E-state index < -0.39 is 0 Å². The van der Waals surface area contributed by atoms with E-state index in [0.29, 0.717) is 18.9 Å². The van der Waals surface area contributed by atoms with E-state index in [1.165, 1.54) is 11.8 Å². The minimum absolute atomic E-state index is 0.00427. The lowest BCUT2D eigenvalue weighted by Crippen LogP contribution is -2.26. The SMILES string of the molecule is COCCCNC(=O)CSc1nccn1-c1ccc(OC)cc1. The number of carbonyl (C=O) groups excluding carboxylic acids is 1. The Hall–Kier alpha value is -1.99. The van der Waals surface area contributed by atoms with Gasteiger partial charge in [0.2, 0.25) is 5.91 Å². The predicted octanol–water partition coefficient (Wildman–Crippen LogP) is 2.13. The molecule has 0 radical (unpaired) electrons. The van der Waals surface area contributed by atoms with Gasteiger partial charge in [0, 0.05) is 38.3 Å². The number of nitrogens with one attached hydrogen (secondary N) is 1. The molecule has 0 aliphatic heterocycles. The highest BCUT2D eigenvalue weighted by atomic mass is 32.2. The minimum atomic E-state index is -0.00427. The molecule has 0 atom stereocenters. The molecule has 0 aliphatic rings. The topological polar surface area (TPSA) is 65.4 Å². The van der Waals surface area contributed by atoms with Gasteiger partial charge in [0.05, 0.1) is 12.9 Å². The molecule has 0 saturated carbocycles. The third-order valence-electron chi connectivity index (χ3n) is 3.14. The highest BCUT2D eigenvalue weighted by molar-refractivity contribution is 7.99. The third kappa shape index (κ3) is 5.30. The van der Waals surface area contributed by atoms with E-state index in [-0.39, 0.29) is 5.91 Å². The second-order valence-corrected chi connectivity index (χ2v) is 5.71. The van der Waals surface area contributed by atoms with Crippen molar-refractivity contribution in [3.63, 3.8) is 0 Å². The van der Waals surface area contributed by atoms with Crippen molar-refractivity contribution in [1.29, 1.82) is 0 Å². The number of hydrogen-bond acceptors (Lipinski definition) is 5. The average Bonchev–Trinajstić information content (AvgIpc) is 3.05. The summed E-state index contributed by atoms with van der Waals surface area (Å²) in [4.78, 5) is 16.1. The maximum absolute atomic E-state index is 11.8. The summed E-state index contributed by atoms with van der Waals surface area (Å²) >= 11 is 1.41. The van der Waals surface area contributed by atoms with E-state index >= 15 is 0 Å². The Morgan fingerprint density at radius 1 is 1.30 bits per heavy atom. The first-order chi connectivity index (χ1) is 11.2. The molecule has 124 valence electrons. The summed E-state index contributed by atoms with van der Waals surface area (Å²) in [7, 11) is 3.29. The number of amides is 1. The summed E-state index contributed by atoms with van der Waals surface area (Å²) in [6.45, 7) is 1.27. The molecule has 0 unspecified atom stereocenters. The Morgan fingerprint density at radius 2 is 2.09 bits per heavy atom. The number of nitrogens with zero attached hydrogens (tertiary/aromatic N) is 2. The normalized spacial score (nSPS) is 10.5. The number of rotatable bonds is 9. The van der Waals surface area contributed by atoms with E-state index in [9.17, 15) is 4.79 Å². The molecule has 1 amide bonds. The van der Waals surface area contributed by atoms with Crippen molar-refractivity contribution in [1.82, 2.24) is 14.9 Å². The van der Waals surface area contributed by atoms with Crippen molar-refractivity contribution in [2.45, 2.75) is 11.6 Å². The van der Waals surface area contributed by atoms with Crippen LogP contribution in [0.5, 0.6) is 5.75 Å². The average molecular weight is 335 g/mol. The molecule has 1 heterocycles. The predicted molar refractivity (Wildman–Crippen MR) is 90.3 cm³/mol. The molecule has 23 heavy (non-hydrogen) atoms. The van der Waals surface area contributed by atoms with Crippen LogP contribution in [0.25, 0.3) is 5.69 Å². The molecule has 0 fully saturated rings. The maximum Gasteiger partial charge on any atom is 0.230 e. The summed E-state index contributed by atoms with van der Waals surface area (Å²) < 4.78 is 12.1. The van der Waals surface area contributed by atoms with E-state index in [1.807, 2.05) is 35.0 Å². The van der Waals surface area contributed by atoms with E-state index in [4.69, 9.17) is 9.47 Å². The molecule has 1 N–H and O–H groups in total. The van der Waals surface area contributed by atoms with Crippen LogP contribution < -0.4 is 10.1 Å². The van der Waals surface area contributed by atoms with Gasteiger partial charge in [0.25, 0.3) is 0 Å². The van der Waals surface area contributed by atoms with Crippen LogP contribution in [-0.2, 0) is 9.53 Å². The van der Waals surface area contributed by atoms with Crippen LogP contribution >= 0.6 is 11.8 Å². The quantitative estimate of drug-likeness (QED) is 0.562. The summed E-state index contributed by atoms with van der Waals surface area (Å²) in [5, 5.41) is 3.64. The largest absolute Gasteiger partial charge is 0.497 e. The van der Waals surface area contributed by atoms with Gasteiger partial charge in [-0.25, -0.2) is 4.98 Å². The van der Waals surface area contributed by atoms with Crippen LogP contribution in [0.4, 0.5) is 0 Å². The third-order valence-corrected chi connectivity index (χ3v) is 4.10. The number of ether oxygens (including phenoxy) is 2. The van der Waals surface area contributed by atoms with Gasteiger partial charge in [-0.1, -0.05) is 11.8 Å². The lowest BCUT2D eigenvalue weighted by molar-refractivity contribution is -0.118. The van der Waals surface area contributed by atoms with Gasteiger partial charge in [-0.05, 0) is 30.7 Å². The fraction of sp³-hybridized carbons (Fsp3) is 0.375. The molecule has 6 nitrogen and oxygen atoms in total. The van der Waals surface area contributed by atoms with Crippen LogP contribution in [0.15, 0.2) is 41.8 Å². The minimum Gasteiger partial charge on any atom is -0.497 e. The lowest BCUT2D eigenvalue weighted by atomic mass is 10.3. The van der Waals surface area contributed by atoms with Gasteiger partial charge in [-0.3, -0.25) is 9.36 Å². The number of imidazole rings is 1. The standard InChI is InChI=1S/C16H21N3O3S/c1-21-11-3-8-17-15(20)12-23-16-18-9-10-19(16)13-4-6-14(22-2)7-5-13/h4-7,9-10H,3,8,11-12H2,1-2H3,(H,17,20). The molecule has 0 aliphatic carbocycles. The fourth-order valence-corrected chi connectivity index (χ4v) is 2.76. The molecule has 0 bridgehead atoms. The monoisotopic (exact) mass is 335 g/mol. The molecule has 2 aromatic rings. The van der Waals surface area contributed by atoms with Gasteiger partial charge in [-0.2, -0.15) is 0 Å². The molecule has 1 aromatic carbocycles. The molecule has 7 heteroatoms. The summed E-state index contributed by atoms with van der Waals surface area (Å²) in [6, 6.07) is 7.70. The zero-order valence-electron chi connectivity index (χ0n) is 13.3. The van der Waals surface area contributed by atoms with E-state index in [0.717, 1.165) is 23.0 Å². The van der Waals surface area contributed by atoms with Crippen molar-refractivity contribution in [3.05, 3.63) is 36.7 Å². The van der Waals surface area contributed by atoms with Gasteiger partial charge >= 0.3 is 0 Å². The van der Waals surface area contributed by atoms with Crippen LogP contribution in [0.2, 0.25) is 0 Å². The first kappa shape index (κ1) is 17.4. The number of hydrogen-bond donors (Lipinski definition) is 1. The summed E-state index contributed by atoms with van der Waals surface area (Å²) in [6.07, 6.45) is 4.41. The van der Waals surface area contributed by atoms with Crippen molar-refractivity contribution in [3.8, 4) is 11.4 Å². The zero-order chi connectivity index (χ0) is 16.5. The highest BCUT2D eigenvalue weighted by Gasteiger charge is 2.09. The molecular formula is C16H21N3O3S. The number of thioether (sulfide) groups is 1. The lowest BCUT2D eigenvalue weighted by Gasteiger charge is -2.08. The maximum atomic E-state index is 11.8. The van der Waals surface area contributed by atoms with Crippen LogP contribution in [0.3, 0.4) is 0 Å². The van der Waals surface area contributed by atoms with Crippen molar-refractivity contribution < 1.29 is 14.3 Å². The molecular weight excluding hydrogens is 314 g/mol. The summed E-state index contributed by atoms with van der Waals surface area (Å²) in [5.74, 6) is 1.13. The second-order valence-electron chi connectivity index (χ2n) is 4.76. The second kappa shape index (κ2) is 9.22. The highest BCUT2D eigenvalue weighted by Crippen LogP contribution is 2.22. The Labute approximate surface area is 140 Å². The molecule has 2 rings (SSSR count). The van der Waals surface area contributed by atoms with Gasteiger partial charge in [-0.15, -0.1) is 0 Å². The van der Waals surface area contributed by atoms with Crippen molar-refractivity contribution in [2.24, 2.45) is 0 Å². The smallest absolute Gasteiger partial charge is 0.230 e. The van der Waals surface area contributed by atoms with Crippen molar-refractivity contribution >= 4 is 17.7 Å². The van der Waals surface area contributed by atoms with Crippen LogP contribution in [-0.4, -0.2) is 48.6 Å². The number of aromatic nitrogens is 2. The number of benzene rings is 1. The van der Waals surface area contributed by atoms with Gasteiger partial charge < -0.3 is 14.8 Å². The number of methoxy groups -OCH3 is 2. The molecule has 1 aromatic heterocycles. The number of carbonyl (C=O) groups is 1. The van der Waals surface area contributed by atoms with Crippen LogP contribution in [0.1, 0.15) is 6.42 Å². The first-order valence-electron chi connectivity index (χ1n) is 7.31. The molecule has 0 saturated heterocycles.